The van der Waals surface area contributed by atoms with E-state index in [-0.39, 0.29) is 49.3 Å². The summed E-state index contributed by atoms with van der Waals surface area (Å²) < 4.78 is 0. The number of nitrogens with one attached hydrogen (secondary N) is 1. The first-order valence-corrected chi connectivity index (χ1v) is 14.7. The average molecular weight is 516 g/mol. The van der Waals surface area contributed by atoms with Crippen LogP contribution in [0.15, 0.2) is 24.3 Å². The van der Waals surface area contributed by atoms with Crippen LogP contribution in [0, 0.1) is 0 Å². The van der Waals surface area contributed by atoms with E-state index in [1.165, 1.54) is 22.6 Å². The molecule has 37 heavy (non-hydrogen) atoms. The van der Waals surface area contributed by atoms with Crippen LogP contribution in [0.5, 0.6) is 0 Å². The molecule has 0 spiro atoms. The van der Waals surface area contributed by atoms with Gasteiger partial charge in [0, 0.05) is 25.7 Å². The molecule has 2 rings (SSSR count). The van der Waals surface area contributed by atoms with Crippen molar-refractivity contribution in [3.05, 3.63) is 24.3 Å². The Morgan fingerprint density at radius 1 is 0.595 bits per heavy atom. The quantitative estimate of drug-likeness (QED) is 0.135. The van der Waals surface area contributed by atoms with Crippen LogP contribution in [-0.4, -0.2) is 44.8 Å². The number of rotatable bonds is 18. The Balaban J connectivity index is 2.48. The van der Waals surface area contributed by atoms with Gasteiger partial charge >= 0.3 is 0 Å². The molecule has 2 aliphatic heterocycles. The number of imide groups is 2. The van der Waals surface area contributed by atoms with E-state index in [0.717, 1.165) is 51.4 Å². The summed E-state index contributed by atoms with van der Waals surface area (Å²) in [6, 6.07) is 0. The SMILES string of the molecule is CCCCCC/C=C/C(CC)(NC(/C=C/CCCCCC)(CC)N1C(=O)CCC1=O)N1C(=O)CCC1=O. The van der Waals surface area contributed by atoms with Gasteiger partial charge < -0.3 is 0 Å². The van der Waals surface area contributed by atoms with Crippen LogP contribution in [0.2, 0.25) is 0 Å². The Labute approximate surface area is 224 Å². The first-order chi connectivity index (χ1) is 17.8. The van der Waals surface area contributed by atoms with Crippen molar-refractivity contribution >= 4 is 23.6 Å². The second-order valence-electron chi connectivity index (χ2n) is 10.4. The summed E-state index contributed by atoms with van der Waals surface area (Å²) in [5.41, 5.74) is -2.25. The van der Waals surface area contributed by atoms with E-state index in [2.05, 4.69) is 19.2 Å². The molecular formula is C30H49N3O4. The fraction of sp³-hybridized carbons (Fsp3) is 0.733. The van der Waals surface area contributed by atoms with Crippen LogP contribution in [-0.2, 0) is 19.2 Å². The number of unbranched alkanes of at least 4 members (excludes halogenated alkanes) is 8. The fourth-order valence-electron chi connectivity index (χ4n) is 5.43. The Kier molecular flexibility index (Phi) is 12.7. The van der Waals surface area contributed by atoms with E-state index < -0.39 is 11.3 Å². The number of carbonyl (C=O) groups excluding carboxylic acids is 4. The number of nitrogens with zero attached hydrogens (tertiary/aromatic N) is 2. The monoisotopic (exact) mass is 515 g/mol. The summed E-state index contributed by atoms with van der Waals surface area (Å²) in [6.45, 7) is 8.23. The third kappa shape index (κ3) is 7.86. The molecule has 2 unspecified atom stereocenters. The average Bonchev–Trinajstić information content (AvgIpc) is 3.42. The maximum absolute atomic E-state index is 13.0. The highest BCUT2D eigenvalue weighted by Crippen LogP contribution is 2.34. The molecule has 1 N–H and O–H groups in total. The molecule has 0 aromatic carbocycles. The molecule has 7 heteroatoms. The molecule has 7 nitrogen and oxygen atoms in total. The van der Waals surface area contributed by atoms with Crippen molar-refractivity contribution < 1.29 is 19.2 Å². The van der Waals surface area contributed by atoms with E-state index >= 15 is 0 Å². The highest BCUT2D eigenvalue weighted by atomic mass is 16.2. The zero-order valence-corrected chi connectivity index (χ0v) is 23.7. The molecule has 2 atom stereocenters. The summed E-state index contributed by atoms with van der Waals surface area (Å²) in [5.74, 6) is -0.879. The second-order valence-corrected chi connectivity index (χ2v) is 10.4. The number of carbonyl (C=O) groups is 4. The van der Waals surface area contributed by atoms with Gasteiger partial charge in [0.25, 0.3) is 0 Å². The van der Waals surface area contributed by atoms with E-state index in [1.54, 1.807) is 0 Å². The highest BCUT2D eigenvalue weighted by molar-refractivity contribution is 6.04. The predicted molar refractivity (Wildman–Crippen MR) is 147 cm³/mol. The number of likely N-dealkylation sites (tertiary alicyclic amines) is 2. The van der Waals surface area contributed by atoms with Gasteiger partial charge in [-0.3, -0.25) is 34.3 Å². The van der Waals surface area contributed by atoms with Gasteiger partial charge in [-0.05, 0) is 50.7 Å². The van der Waals surface area contributed by atoms with Crippen molar-refractivity contribution in [1.29, 1.82) is 0 Å². The Bertz CT molecular complexity index is 752. The highest BCUT2D eigenvalue weighted by Gasteiger charge is 2.52. The zero-order valence-electron chi connectivity index (χ0n) is 23.7. The van der Waals surface area contributed by atoms with E-state index in [9.17, 15) is 19.2 Å². The van der Waals surface area contributed by atoms with Gasteiger partial charge in [-0.2, -0.15) is 0 Å². The largest absolute Gasteiger partial charge is 0.274 e. The summed E-state index contributed by atoms with van der Waals surface area (Å²) >= 11 is 0. The van der Waals surface area contributed by atoms with Crippen LogP contribution in [0.1, 0.15) is 130 Å². The second kappa shape index (κ2) is 15.2. The summed E-state index contributed by atoms with van der Waals surface area (Å²) in [4.78, 5) is 54.8. The lowest BCUT2D eigenvalue weighted by Gasteiger charge is -2.48. The standard InChI is InChI=1S/C30H49N3O4/c1-5-9-11-13-15-17-23-29(7-3,32-25(34)19-20-26(32)35)31-30(8-4,24-18-16-14-12-10-6-2)33-27(36)21-22-28(33)37/h17-18,23-24,31H,5-16,19-22H2,1-4H3/b23-17+,24-18+. The van der Waals surface area contributed by atoms with Gasteiger partial charge in [-0.15, -0.1) is 0 Å². The number of hydrogen-bond acceptors (Lipinski definition) is 5. The van der Waals surface area contributed by atoms with Crippen LogP contribution in [0.3, 0.4) is 0 Å². The molecule has 2 saturated heterocycles. The predicted octanol–water partition coefficient (Wildman–Crippen LogP) is 6.14. The topological polar surface area (TPSA) is 86.8 Å². The third-order valence-corrected chi connectivity index (χ3v) is 7.65. The third-order valence-electron chi connectivity index (χ3n) is 7.65. The maximum Gasteiger partial charge on any atom is 0.231 e. The summed E-state index contributed by atoms with van der Waals surface area (Å²) in [6.07, 6.45) is 20.2. The molecular weight excluding hydrogens is 466 g/mol. The number of hydrogen-bond donors (Lipinski definition) is 1. The summed E-state index contributed by atoms with van der Waals surface area (Å²) in [7, 11) is 0. The van der Waals surface area contributed by atoms with E-state index in [0.29, 0.717) is 12.8 Å². The van der Waals surface area contributed by atoms with Crippen molar-refractivity contribution in [3.63, 3.8) is 0 Å². The van der Waals surface area contributed by atoms with Crippen molar-refractivity contribution in [1.82, 2.24) is 15.1 Å². The molecule has 208 valence electrons. The minimum Gasteiger partial charge on any atom is -0.274 e. The van der Waals surface area contributed by atoms with Crippen LogP contribution in [0.4, 0.5) is 0 Å². The molecule has 0 radical (unpaired) electrons. The fourth-order valence-corrected chi connectivity index (χ4v) is 5.43. The molecule has 0 aromatic heterocycles. The Morgan fingerprint density at radius 2 is 0.946 bits per heavy atom. The van der Waals surface area contributed by atoms with Gasteiger partial charge in [0.05, 0.1) is 0 Å². The molecule has 2 aliphatic rings. The first kappa shape index (κ1) is 30.9. The maximum atomic E-state index is 13.0. The zero-order chi connectivity index (χ0) is 27.3. The van der Waals surface area contributed by atoms with Crippen LogP contribution < -0.4 is 5.32 Å². The lowest BCUT2D eigenvalue weighted by atomic mass is 9.95. The van der Waals surface area contributed by atoms with Gasteiger partial charge in [0.15, 0.2) is 0 Å². The number of amides is 4. The molecule has 0 bridgehead atoms. The van der Waals surface area contributed by atoms with E-state index in [4.69, 9.17) is 0 Å². The van der Waals surface area contributed by atoms with Gasteiger partial charge in [0.1, 0.15) is 11.3 Å². The normalized spacial score (nSPS) is 20.1. The number of allylic oxidation sites excluding steroid dienone is 2. The molecule has 0 aliphatic carbocycles. The van der Waals surface area contributed by atoms with Crippen molar-refractivity contribution in [2.75, 3.05) is 0 Å². The van der Waals surface area contributed by atoms with Gasteiger partial charge in [-0.25, -0.2) is 0 Å². The van der Waals surface area contributed by atoms with Crippen molar-refractivity contribution in [3.8, 4) is 0 Å². The first-order valence-electron chi connectivity index (χ1n) is 14.7. The van der Waals surface area contributed by atoms with Crippen LogP contribution >= 0.6 is 0 Å². The molecule has 2 fully saturated rings. The minimum atomic E-state index is -1.12. The lowest BCUT2D eigenvalue weighted by Crippen LogP contribution is -2.71. The van der Waals surface area contributed by atoms with E-state index in [1.807, 2.05) is 38.2 Å². The Hall–Kier alpha value is -2.28. The summed E-state index contributed by atoms with van der Waals surface area (Å²) in [5, 5.41) is 3.59. The molecule has 2 heterocycles. The lowest BCUT2D eigenvalue weighted by molar-refractivity contribution is -0.150. The smallest absolute Gasteiger partial charge is 0.231 e. The molecule has 0 saturated carbocycles. The molecule has 0 aromatic rings. The van der Waals surface area contributed by atoms with Gasteiger partial charge in [-0.1, -0.05) is 78.4 Å². The van der Waals surface area contributed by atoms with Crippen LogP contribution in [0.25, 0.3) is 0 Å². The van der Waals surface area contributed by atoms with Crippen molar-refractivity contribution in [2.45, 2.75) is 142 Å². The van der Waals surface area contributed by atoms with Gasteiger partial charge in [0.2, 0.25) is 23.6 Å². The molecule has 4 amide bonds. The Morgan fingerprint density at radius 3 is 1.24 bits per heavy atom. The van der Waals surface area contributed by atoms with Crippen molar-refractivity contribution in [2.24, 2.45) is 0 Å². The minimum absolute atomic E-state index is 0.181.